The Morgan fingerprint density at radius 2 is 2.23 bits per heavy atom. The molecule has 0 aromatic carbocycles. The van der Waals surface area contributed by atoms with Gasteiger partial charge in [-0.2, -0.15) is 5.26 Å². The van der Waals surface area contributed by atoms with E-state index in [0.29, 0.717) is 23.2 Å². The van der Waals surface area contributed by atoms with Gasteiger partial charge >= 0.3 is 0 Å². The lowest BCUT2D eigenvalue weighted by molar-refractivity contribution is 0.0285. The highest BCUT2D eigenvalue weighted by molar-refractivity contribution is 7.80. The summed E-state index contributed by atoms with van der Waals surface area (Å²) in [6.07, 6.45) is 11.0. The number of piperidine rings is 1. The van der Waals surface area contributed by atoms with E-state index in [-0.39, 0.29) is 11.6 Å². The molecule has 1 aromatic heterocycles. The first-order valence-corrected chi connectivity index (χ1v) is 12.9. The van der Waals surface area contributed by atoms with E-state index >= 15 is 0 Å². The Morgan fingerprint density at radius 1 is 1.45 bits per heavy atom. The number of anilines is 1. The van der Waals surface area contributed by atoms with Crippen molar-refractivity contribution < 1.29 is 8.39 Å². The average molecular weight is 443 g/mol. The van der Waals surface area contributed by atoms with Crippen molar-refractivity contribution in [3.8, 4) is 6.07 Å². The Hall–Kier alpha value is -1.75. The van der Waals surface area contributed by atoms with Crippen molar-refractivity contribution in [3.05, 3.63) is 29.1 Å². The standard InChI is InChI=1S/C24H34N4O2S/c1-4-21-20(8-5-17(2)3)23(19(13-25)14-26-21)28-12-9-22(24(16-28)10-11-27-24)30-31(29)15-18-6-7-18/h5,8,14,17-18,22,27H,4,6-7,9-12,15-16H2,1-3H3/b8-5-. The Kier molecular flexibility index (Phi) is 6.80. The lowest BCUT2D eigenvalue weighted by Gasteiger charge is -2.54. The molecule has 1 saturated carbocycles. The van der Waals surface area contributed by atoms with Crippen LogP contribution in [0.2, 0.25) is 0 Å². The van der Waals surface area contributed by atoms with Gasteiger partial charge in [0.1, 0.15) is 6.07 Å². The zero-order valence-electron chi connectivity index (χ0n) is 18.9. The van der Waals surface area contributed by atoms with Gasteiger partial charge in [0.2, 0.25) is 0 Å². The molecule has 4 rings (SSSR count). The quantitative estimate of drug-likeness (QED) is 0.663. The maximum Gasteiger partial charge on any atom is 0.156 e. The fraction of sp³-hybridized carbons (Fsp3) is 0.667. The fourth-order valence-corrected chi connectivity index (χ4v) is 5.96. The van der Waals surface area contributed by atoms with Crippen LogP contribution in [0.15, 0.2) is 12.3 Å². The number of aromatic nitrogens is 1. The van der Waals surface area contributed by atoms with Crippen LogP contribution < -0.4 is 10.2 Å². The van der Waals surface area contributed by atoms with Crippen LogP contribution in [-0.4, -0.2) is 46.2 Å². The van der Waals surface area contributed by atoms with Crippen LogP contribution in [0.25, 0.3) is 6.08 Å². The molecule has 1 spiro atoms. The van der Waals surface area contributed by atoms with E-state index < -0.39 is 11.1 Å². The topological polar surface area (TPSA) is 78.2 Å². The predicted octanol–water partition coefficient (Wildman–Crippen LogP) is 3.59. The third-order valence-corrected chi connectivity index (χ3v) is 7.87. The molecule has 0 radical (unpaired) electrons. The molecule has 3 fully saturated rings. The van der Waals surface area contributed by atoms with E-state index in [0.717, 1.165) is 55.8 Å². The van der Waals surface area contributed by atoms with Gasteiger partial charge in [-0.25, -0.2) is 4.21 Å². The summed E-state index contributed by atoms with van der Waals surface area (Å²) in [5.74, 6) is 1.68. The highest BCUT2D eigenvalue weighted by Gasteiger charge is 2.50. The number of pyridine rings is 1. The van der Waals surface area contributed by atoms with Crippen LogP contribution >= 0.6 is 0 Å². The van der Waals surface area contributed by atoms with Crippen molar-refractivity contribution >= 4 is 22.8 Å². The maximum absolute atomic E-state index is 12.5. The van der Waals surface area contributed by atoms with E-state index in [1.807, 2.05) is 0 Å². The minimum Gasteiger partial charge on any atom is -0.368 e. The molecular weight excluding hydrogens is 408 g/mol. The van der Waals surface area contributed by atoms with E-state index in [2.05, 4.69) is 54.2 Å². The molecule has 168 valence electrons. The Bertz CT molecular complexity index is 900. The number of hydrogen-bond acceptors (Lipinski definition) is 6. The van der Waals surface area contributed by atoms with Crippen molar-refractivity contribution in [3.63, 3.8) is 0 Å². The van der Waals surface area contributed by atoms with Gasteiger partial charge in [-0.15, -0.1) is 0 Å². The van der Waals surface area contributed by atoms with E-state index in [1.165, 1.54) is 12.8 Å². The average Bonchev–Trinajstić information content (AvgIpc) is 3.54. The smallest absolute Gasteiger partial charge is 0.156 e. The monoisotopic (exact) mass is 442 g/mol. The minimum atomic E-state index is -1.21. The summed E-state index contributed by atoms with van der Waals surface area (Å²) in [7, 11) is 0. The van der Waals surface area contributed by atoms with E-state index in [9.17, 15) is 9.47 Å². The van der Waals surface area contributed by atoms with Crippen LogP contribution in [0.5, 0.6) is 0 Å². The van der Waals surface area contributed by atoms with Gasteiger partial charge in [-0.1, -0.05) is 32.9 Å². The van der Waals surface area contributed by atoms with Crippen molar-refractivity contribution in [2.75, 3.05) is 30.3 Å². The molecule has 0 amide bonds. The molecule has 2 saturated heterocycles. The second-order valence-electron chi connectivity index (χ2n) is 9.49. The Balaban J connectivity index is 1.61. The van der Waals surface area contributed by atoms with Gasteiger partial charge in [0, 0.05) is 30.5 Å². The molecule has 1 aliphatic carbocycles. The number of aryl methyl sites for hydroxylation is 1. The second kappa shape index (κ2) is 9.40. The Labute approximate surface area is 188 Å². The van der Waals surface area contributed by atoms with E-state index in [4.69, 9.17) is 4.18 Å². The van der Waals surface area contributed by atoms with Crippen LogP contribution in [0, 0.1) is 23.2 Å². The summed E-state index contributed by atoms with van der Waals surface area (Å²) in [6, 6.07) is 2.37. The summed E-state index contributed by atoms with van der Waals surface area (Å²) < 4.78 is 18.6. The second-order valence-corrected chi connectivity index (χ2v) is 10.6. The molecule has 3 atom stereocenters. The molecule has 31 heavy (non-hydrogen) atoms. The summed E-state index contributed by atoms with van der Waals surface area (Å²) in [5, 5.41) is 13.5. The lowest BCUT2D eigenvalue weighted by atomic mass is 9.77. The predicted molar refractivity (Wildman–Crippen MR) is 125 cm³/mol. The van der Waals surface area contributed by atoms with Gasteiger partial charge in [0.05, 0.1) is 28.6 Å². The van der Waals surface area contributed by atoms with Gasteiger partial charge in [0.15, 0.2) is 11.1 Å². The molecule has 6 nitrogen and oxygen atoms in total. The molecule has 1 aromatic rings. The first-order valence-electron chi connectivity index (χ1n) is 11.6. The van der Waals surface area contributed by atoms with Crippen LogP contribution in [-0.2, 0) is 21.7 Å². The molecule has 3 aliphatic rings. The largest absolute Gasteiger partial charge is 0.368 e. The van der Waals surface area contributed by atoms with Crippen molar-refractivity contribution in [2.45, 2.75) is 64.5 Å². The zero-order valence-corrected chi connectivity index (χ0v) is 19.7. The van der Waals surface area contributed by atoms with Gasteiger partial charge in [-0.3, -0.25) is 9.17 Å². The van der Waals surface area contributed by atoms with Crippen LogP contribution in [0.1, 0.15) is 63.3 Å². The van der Waals surface area contributed by atoms with Crippen LogP contribution in [0.4, 0.5) is 5.69 Å². The molecule has 2 aliphatic heterocycles. The number of nitriles is 1. The number of nitrogens with zero attached hydrogens (tertiary/aromatic N) is 3. The molecule has 3 unspecified atom stereocenters. The Morgan fingerprint density at radius 3 is 2.81 bits per heavy atom. The third-order valence-electron chi connectivity index (χ3n) is 6.68. The summed E-state index contributed by atoms with van der Waals surface area (Å²) in [6.45, 7) is 8.89. The number of rotatable bonds is 8. The van der Waals surface area contributed by atoms with Crippen LogP contribution in [0.3, 0.4) is 0 Å². The SMILES string of the molecule is CCc1ncc(C#N)c(N2CCC(OS(=O)CC3CC3)C3(CCN3)C2)c1/C=C\C(C)C. The van der Waals surface area contributed by atoms with E-state index in [1.54, 1.807) is 6.20 Å². The van der Waals surface area contributed by atoms with Gasteiger partial charge < -0.3 is 10.2 Å². The lowest BCUT2D eigenvalue weighted by Crippen LogP contribution is -2.72. The zero-order chi connectivity index (χ0) is 22.0. The third kappa shape index (κ3) is 4.87. The molecule has 3 heterocycles. The highest BCUT2D eigenvalue weighted by atomic mass is 32.2. The normalized spacial score (nSPS) is 26.9. The summed E-state index contributed by atoms with van der Waals surface area (Å²) in [4.78, 5) is 6.91. The molecular formula is C24H34N4O2S. The van der Waals surface area contributed by atoms with Gasteiger partial charge in [0.25, 0.3) is 0 Å². The van der Waals surface area contributed by atoms with Crippen molar-refractivity contribution in [1.82, 2.24) is 10.3 Å². The maximum atomic E-state index is 12.5. The number of nitrogens with one attached hydrogen (secondary N) is 1. The molecule has 1 N–H and O–H groups in total. The van der Waals surface area contributed by atoms with Gasteiger partial charge in [-0.05, 0) is 50.5 Å². The number of allylic oxidation sites excluding steroid dienone is 1. The number of hydrogen-bond donors (Lipinski definition) is 1. The first kappa shape index (κ1) is 22.4. The minimum absolute atomic E-state index is 0.0512. The molecule has 7 heteroatoms. The summed E-state index contributed by atoms with van der Waals surface area (Å²) >= 11 is -1.21. The van der Waals surface area contributed by atoms with Crippen molar-refractivity contribution in [1.29, 1.82) is 5.26 Å². The van der Waals surface area contributed by atoms with Crippen molar-refractivity contribution in [2.24, 2.45) is 11.8 Å². The molecule has 0 bridgehead atoms. The first-order chi connectivity index (χ1) is 15.0. The fourth-order valence-electron chi connectivity index (χ4n) is 4.63. The summed E-state index contributed by atoms with van der Waals surface area (Å²) in [5.41, 5.74) is 3.48. The highest BCUT2D eigenvalue weighted by Crippen LogP contribution is 2.39.